The summed E-state index contributed by atoms with van der Waals surface area (Å²) in [5, 5.41) is 44.1. The van der Waals surface area contributed by atoms with Crippen molar-refractivity contribution in [1.82, 2.24) is 40.8 Å². The van der Waals surface area contributed by atoms with E-state index in [9.17, 15) is 19.2 Å². The van der Waals surface area contributed by atoms with Gasteiger partial charge in [-0.15, -0.1) is 11.3 Å². The van der Waals surface area contributed by atoms with Crippen LogP contribution >= 0.6 is 22.9 Å². The quantitative estimate of drug-likeness (QED) is 0.0718. The highest BCUT2D eigenvalue weighted by Crippen LogP contribution is 2.26. The van der Waals surface area contributed by atoms with Crippen LogP contribution in [0.2, 0.25) is 0 Å². The van der Waals surface area contributed by atoms with Crippen molar-refractivity contribution in [2.75, 3.05) is 14.1 Å². The van der Waals surface area contributed by atoms with E-state index in [1.54, 1.807) is 36.2 Å². The van der Waals surface area contributed by atoms with Crippen molar-refractivity contribution in [2.45, 2.75) is 140 Å². The van der Waals surface area contributed by atoms with E-state index >= 15 is 0 Å². The minimum Gasteiger partial charge on any atom is -0.507 e. The molecule has 0 aromatic carbocycles. The molecule has 0 fully saturated rings. The molecule has 0 spiro atoms. The van der Waals surface area contributed by atoms with Crippen LogP contribution in [0.4, 0.5) is 0 Å². The van der Waals surface area contributed by atoms with Crippen LogP contribution in [0.1, 0.15) is 168 Å². The van der Waals surface area contributed by atoms with Crippen LogP contribution in [0.15, 0.2) is 77.7 Å². The van der Waals surface area contributed by atoms with E-state index in [0.29, 0.717) is 52.4 Å². The van der Waals surface area contributed by atoms with E-state index in [4.69, 9.17) is 29.1 Å². The largest absolute Gasteiger partial charge is 0.507 e. The number of aromatic hydroxyl groups is 3. The highest BCUT2D eigenvalue weighted by atomic mass is 32.1. The fraction of sp³-hybridized carbons (Fsp3) is 0.542. The number of amides is 2. The lowest BCUT2D eigenvalue weighted by Crippen LogP contribution is -2.22. The van der Waals surface area contributed by atoms with Gasteiger partial charge < -0.3 is 39.7 Å². The second-order valence-corrected chi connectivity index (χ2v) is 19.0. The average molecular weight is 1010 g/mol. The second kappa shape index (κ2) is 35.0. The Balaban J connectivity index is 0. The molecule has 0 saturated heterocycles. The van der Waals surface area contributed by atoms with Crippen molar-refractivity contribution in [3.8, 4) is 17.2 Å². The molecule has 0 atom stereocenters. The van der Waals surface area contributed by atoms with Crippen molar-refractivity contribution in [3.63, 3.8) is 0 Å². The van der Waals surface area contributed by atoms with Crippen LogP contribution < -0.4 is 27.1 Å². The van der Waals surface area contributed by atoms with E-state index in [1.807, 2.05) is 89.2 Å². The number of hydrogen-bond acceptors (Lipinski definition) is 17. The van der Waals surface area contributed by atoms with E-state index in [2.05, 4.69) is 80.1 Å². The van der Waals surface area contributed by atoms with Gasteiger partial charge in [0, 0.05) is 71.5 Å². The number of hydroxylamine groups is 1. The Hall–Kier alpha value is -6.22. The summed E-state index contributed by atoms with van der Waals surface area (Å²) in [7, 11) is 3.28. The third kappa shape index (κ3) is 28.7. The number of nitrogens with zero attached hydrogens (tertiary/aromatic N) is 4. The lowest BCUT2D eigenvalue weighted by atomic mass is 10.1. The summed E-state index contributed by atoms with van der Waals surface area (Å²) in [5.74, 6) is 5.84. The maximum absolute atomic E-state index is 11.1. The van der Waals surface area contributed by atoms with Crippen LogP contribution in [0.5, 0.6) is 17.2 Å². The van der Waals surface area contributed by atoms with Gasteiger partial charge in [0.2, 0.25) is 23.1 Å². The second-order valence-electron chi connectivity index (χ2n) is 17.4. The number of hydrogen-bond donors (Lipinski definition) is 8. The van der Waals surface area contributed by atoms with Crippen LogP contribution in [0, 0.1) is 17.8 Å². The molecule has 0 saturated carbocycles. The molecule has 19 nitrogen and oxygen atoms in total. The maximum Gasteiger partial charge on any atom is 0.280 e. The summed E-state index contributed by atoms with van der Waals surface area (Å²) in [6, 6.07) is 3.28. The Bertz CT molecular complexity index is 2280. The SMILES string of the molecule is C=C1N=C(C(C)C)NO1.CC(C)c1cc(=O)[nH]o1.CC(C)c1cc(O)cs1.CC(C)c1cocc(O)c1=O.CC(C)c1ncn[nH]1.CC(C)c1nscc1O.CNC(=O)C(C)C.CNC(=O)C(C)C. The molecule has 1 aliphatic rings. The first-order valence-corrected chi connectivity index (χ1v) is 24.2. The fourth-order valence-corrected chi connectivity index (χ4v) is 5.78. The number of nitrogens with one attached hydrogen (secondary N) is 5. The minimum absolute atomic E-state index is 0.0818. The maximum atomic E-state index is 11.1. The van der Waals surface area contributed by atoms with Gasteiger partial charge in [-0.1, -0.05) is 111 Å². The Labute approximate surface area is 415 Å². The molecule has 2 amide bonds. The Kier molecular flexibility index (Phi) is 32.9. The van der Waals surface area contributed by atoms with Crippen LogP contribution in [0.25, 0.3) is 0 Å². The zero-order chi connectivity index (χ0) is 53.6. The number of thiophene rings is 1. The minimum atomic E-state index is -0.341. The fourth-order valence-electron chi connectivity index (χ4n) is 4.30. The number of carbonyl (C=O) groups is 2. The number of carbonyl (C=O) groups excluding carboxylic acids is 2. The van der Waals surface area contributed by atoms with Crippen molar-refractivity contribution in [2.24, 2.45) is 22.7 Å². The molecule has 0 radical (unpaired) electrons. The van der Waals surface area contributed by atoms with Crippen molar-refractivity contribution < 1.29 is 38.7 Å². The van der Waals surface area contributed by atoms with Gasteiger partial charge in [-0.25, -0.2) is 10.5 Å². The Morgan fingerprint density at radius 2 is 1.30 bits per heavy atom. The molecule has 6 heterocycles. The zero-order valence-electron chi connectivity index (χ0n) is 43.7. The molecule has 6 rings (SSSR count). The average Bonchev–Trinajstić information content (AvgIpc) is 4.15. The number of rotatable bonds is 8. The smallest absolute Gasteiger partial charge is 0.280 e. The van der Waals surface area contributed by atoms with E-state index in [1.165, 1.54) is 35.1 Å². The highest BCUT2D eigenvalue weighted by Gasteiger charge is 2.12. The van der Waals surface area contributed by atoms with Gasteiger partial charge in [0.25, 0.3) is 5.56 Å². The van der Waals surface area contributed by atoms with Crippen molar-refractivity contribution in [3.05, 3.63) is 103 Å². The first-order valence-electron chi connectivity index (χ1n) is 22.5. The van der Waals surface area contributed by atoms with Gasteiger partial charge in [0.05, 0.1) is 17.3 Å². The molecule has 69 heavy (non-hydrogen) atoms. The third-order valence-corrected chi connectivity index (χ3v) is 10.3. The molecule has 5 aromatic rings. The Morgan fingerprint density at radius 1 is 0.725 bits per heavy atom. The van der Waals surface area contributed by atoms with Crippen LogP contribution in [0.3, 0.4) is 0 Å². The van der Waals surface area contributed by atoms with Crippen LogP contribution in [-0.2, 0) is 14.4 Å². The molecule has 0 bridgehead atoms. The number of aromatic nitrogens is 5. The summed E-state index contributed by atoms with van der Waals surface area (Å²) < 4.78 is 13.5. The molecule has 5 aromatic heterocycles. The van der Waals surface area contributed by atoms with Gasteiger partial charge in [-0.2, -0.15) is 19.6 Å². The topological polar surface area (TPSA) is 283 Å². The molecular weight excluding hydrogens is 927 g/mol. The molecular formula is C48H79N9O10S2. The Morgan fingerprint density at radius 3 is 1.52 bits per heavy atom. The van der Waals surface area contributed by atoms with Gasteiger partial charge in [0.1, 0.15) is 41.5 Å². The normalized spacial score (nSPS) is 11.1. The summed E-state index contributed by atoms with van der Waals surface area (Å²) in [4.78, 5) is 56.3. The monoisotopic (exact) mass is 1010 g/mol. The molecule has 8 N–H and O–H groups in total. The first kappa shape index (κ1) is 64.9. The molecule has 388 valence electrons. The number of aliphatic imine (C=N–C) groups is 1. The van der Waals surface area contributed by atoms with Crippen molar-refractivity contribution >= 4 is 40.5 Å². The zero-order valence-corrected chi connectivity index (χ0v) is 45.3. The predicted molar refractivity (Wildman–Crippen MR) is 276 cm³/mol. The standard InChI is InChI=1S/C8H10O3.C7H10OS.C6H10N2O.C6H9NO2.C6H9NOS.C5H9N3.2C5H11NO/c1-5(2)6-3-11-4-7(9)8(6)10;1-5(2)7-3-6(8)4-9-7;1-4(2)6-7-5(3)9-8-6;1-4(2)5-3-6(8)7-9-5;1-4(2)6-5(8)3-9-7-6;1-4(2)5-6-3-7-8-5;2*1-4(2)5(7)6-3/h3-5,9H,1-2H3;3-5,8H,1-2H3;4H,3H2,1-2H3,(H,7,8);3-4H,1-2H3,(H,7,8);3-4,8H,1-2H3;3-4H,1-2H3,(H,6,7,8);2*4H,1-3H3,(H,6,7). The molecule has 0 aliphatic carbocycles. The molecule has 21 heteroatoms. The van der Waals surface area contributed by atoms with Gasteiger partial charge >= 0.3 is 0 Å². The molecule has 1 aliphatic heterocycles. The van der Waals surface area contributed by atoms with E-state index in [-0.39, 0.29) is 52.2 Å². The summed E-state index contributed by atoms with van der Waals surface area (Å²) >= 11 is 2.90. The summed E-state index contributed by atoms with van der Waals surface area (Å²) in [5.41, 5.74) is 3.46. The van der Waals surface area contributed by atoms with E-state index in [0.717, 1.165) is 23.6 Å². The van der Waals surface area contributed by atoms with E-state index < -0.39 is 0 Å². The van der Waals surface area contributed by atoms with Crippen molar-refractivity contribution in [1.29, 1.82) is 0 Å². The van der Waals surface area contributed by atoms with Gasteiger partial charge in [0.15, 0.2) is 5.75 Å². The predicted octanol–water partition coefficient (Wildman–Crippen LogP) is 9.86. The van der Waals surface area contributed by atoms with Crippen LogP contribution in [-0.4, -0.2) is 71.8 Å². The van der Waals surface area contributed by atoms with Gasteiger partial charge in [-0.3, -0.25) is 24.3 Å². The lowest BCUT2D eigenvalue weighted by molar-refractivity contribution is -0.124. The number of aromatic amines is 2. The summed E-state index contributed by atoms with van der Waals surface area (Å²) in [6.07, 6.45) is 3.93. The summed E-state index contributed by atoms with van der Waals surface area (Å²) in [6.45, 7) is 35.1. The highest BCUT2D eigenvalue weighted by molar-refractivity contribution is 7.10. The lowest BCUT2D eigenvalue weighted by Gasteiger charge is -2.01. The van der Waals surface area contributed by atoms with Gasteiger partial charge in [-0.05, 0) is 36.0 Å². The third-order valence-electron chi connectivity index (χ3n) is 8.49. The number of amidine groups is 1. The number of H-pyrrole nitrogens is 2. The first-order chi connectivity index (χ1) is 32.1. The molecule has 0 unspecified atom stereocenters.